The van der Waals surface area contributed by atoms with Gasteiger partial charge in [0.2, 0.25) is 5.91 Å². The fourth-order valence-electron chi connectivity index (χ4n) is 3.64. The predicted molar refractivity (Wildman–Crippen MR) is 122 cm³/mol. The van der Waals surface area contributed by atoms with Crippen molar-refractivity contribution in [2.45, 2.75) is 20.4 Å². The van der Waals surface area contributed by atoms with Gasteiger partial charge in [-0.25, -0.2) is 9.67 Å². The third-order valence-corrected chi connectivity index (χ3v) is 4.99. The highest BCUT2D eigenvalue weighted by Crippen LogP contribution is 2.17. The van der Waals surface area contributed by atoms with Gasteiger partial charge in [0, 0.05) is 12.2 Å². The van der Waals surface area contributed by atoms with Crippen molar-refractivity contribution in [3.63, 3.8) is 0 Å². The Bertz CT molecular complexity index is 1300. The lowest BCUT2D eigenvalue weighted by Crippen LogP contribution is -2.36. The normalized spacial score (nSPS) is 10.9. The van der Waals surface area contributed by atoms with E-state index in [2.05, 4.69) is 22.7 Å². The van der Waals surface area contributed by atoms with Gasteiger partial charge >= 0.3 is 0 Å². The van der Waals surface area contributed by atoms with Crippen molar-refractivity contribution in [1.29, 1.82) is 0 Å². The van der Waals surface area contributed by atoms with E-state index >= 15 is 0 Å². The summed E-state index contributed by atoms with van der Waals surface area (Å²) in [4.78, 5) is 32.0. The van der Waals surface area contributed by atoms with Crippen LogP contribution in [0.25, 0.3) is 16.7 Å². The number of para-hydroxylation sites is 1. The molecule has 0 saturated heterocycles. The van der Waals surface area contributed by atoms with E-state index in [0.717, 1.165) is 22.5 Å². The summed E-state index contributed by atoms with van der Waals surface area (Å²) in [6.45, 7) is 7.97. The predicted octanol–water partition coefficient (Wildman–Crippen LogP) is 3.42. The van der Waals surface area contributed by atoms with Gasteiger partial charge < -0.3 is 4.90 Å². The van der Waals surface area contributed by atoms with Gasteiger partial charge in [-0.2, -0.15) is 5.10 Å². The zero-order chi connectivity index (χ0) is 22.0. The topological polar surface area (TPSA) is 73.0 Å². The number of aryl methyl sites for hydroxylation is 2. The monoisotopic (exact) mass is 413 g/mol. The Morgan fingerprint density at radius 1 is 1.13 bits per heavy atom. The molecule has 7 nitrogen and oxygen atoms in total. The molecule has 4 rings (SSSR count). The summed E-state index contributed by atoms with van der Waals surface area (Å²) in [5.41, 5.74) is 3.94. The van der Waals surface area contributed by atoms with E-state index in [-0.39, 0.29) is 18.0 Å². The fraction of sp³-hybridized carbons (Fsp3) is 0.167. The molecule has 7 heteroatoms. The third kappa shape index (κ3) is 4.02. The van der Waals surface area contributed by atoms with Crippen molar-refractivity contribution in [1.82, 2.24) is 19.3 Å². The molecule has 0 N–H and O–H groups in total. The van der Waals surface area contributed by atoms with E-state index in [1.807, 2.05) is 56.3 Å². The van der Waals surface area contributed by atoms with Crippen LogP contribution in [0.1, 0.15) is 11.1 Å². The SMILES string of the molecule is C=CCN(C(=O)Cn1cnc2c(cnn2-c2cc(C)cc(C)c2)c1=O)c1ccccc1. The van der Waals surface area contributed by atoms with E-state index in [9.17, 15) is 9.59 Å². The Labute approximate surface area is 179 Å². The second kappa shape index (κ2) is 8.39. The lowest BCUT2D eigenvalue weighted by Gasteiger charge is -2.21. The standard InChI is InChI=1S/C24H23N5O2/c1-4-10-28(19-8-6-5-7-9-19)22(30)15-27-16-25-23-21(24(27)31)14-26-29(23)20-12-17(2)11-18(3)13-20/h4-9,11-14,16H,1,10,15H2,2-3H3. The average molecular weight is 413 g/mol. The zero-order valence-corrected chi connectivity index (χ0v) is 17.5. The molecule has 0 saturated carbocycles. The van der Waals surface area contributed by atoms with Crippen LogP contribution in [0.5, 0.6) is 0 Å². The molecular formula is C24H23N5O2. The minimum absolute atomic E-state index is 0.126. The molecule has 2 aromatic heterocycles. The molecule has 0 aliphatic carbocycles. The number of anilines is 1. The van der Waals surface area contributed by atoms with Crippen molar-refractivity contribution >= 4 is 22.6 Å². The molecule has 0 radical (unpaired) electrons. The van der Waals surface area contributed by atoms with E-state index in [1.165, 1.54) is 17.1 Å². The molecule has 1 amide bonds. The molecule has 4 aromatic rings. The van der Waals surface area contributed by atoms with E-state index in [0.29, 0.717) is 17.6 Å². The number of aromatic nitrogens is 4. The Kier molecular flexibility index (Phi) is 5.49. The lowest BCUT2D eigenvalue weighted by atomic mass is 10.1. The molecule has 2 aromatic carbocycles. The molecule has 31 heavy (non-hydrogen) atoms. The van der Waals surface area contributed by atoms with Gasteiger partial charge in [-0.1, -0.05) is 30.3 Å². The smallest absolute Gasteiger partial charge is 0.264 e. The number of carbonyl (C=O) groups excluding carboxylic acids is 1. The first kappa shape index (κ1) is 20.3. The van der Waals surface area contributed by atoms with Crippen molar-refractivity contribution in [3.8, 4) is 5.69 Å². The van der Waals surface area contributed by atoms with Crippen LogP contribution >= 0.6 is 0 Å². The minimum Gasteiger partial charge on any atom is -0.307 e. The Morgan fingerprint density at radius 2 is 1.84 bits per heavy atom. The minimum atomic E-state index is -0.305. The molecule has 0 aliphatic heterocycles. The molecule has 0 spiro atoms. The molecule has 0 fully saturated rings. The first-order valence-corrected chi connectivity index (χ1v) is 9.96. The number of benzene rings is 2. The molecule has 0 unspecified atom stereocenters. The Morgan fingerprint density at radius 3 is 2.52 bits per heavy atom. The van der Waals surface area contributed by atoms with E-state index < -0.39 is 0 Å². The number of rotatable bonds is 6. The summed E-state index contributed by atoms with van der Waals surface area (Å²) in [6.07, 6.45) is 4.56. The van der Waals surface area contributed by atoms with Crippen LogP contribution in [0, 0.1) is 13.8 Å². The summed E-state index contributed by atoms with van der Waals surface area (Å²) >= 11 is 0. The summed E-state index contributed by atoms with van der Waals surface area (Å²) < 4.78 is 2.97. The third-order valence-electron chi connectivity index (χ3n) is 4.99. The molecule has 0 aliphatic rings. The Hall–Kier alpha value is -4.00. The molecule has 0 bridgehead atoms. The Balaban J connectivity index is 1.68. The van der Waals surface area contributed by atoms with Gasteiger partial charge in [-0.15, -0.1) is 6.58 Å². The van der Waals surface area contributed by atoms with Gasteiger partial charge in [0.15, 0.2) is 5.65 Å². The fourth-order valence-corrected chi connectivity index (χ4v) is 3.64. The van der Waals surface area contributed by atoms with E-state index in [1.54, 1.807) is 15.7 Å². The highest BCUT2D eigenvalue weighted by molar-refractivity contribution is 5.93. The molecular weight excluding hydrogens is 390 g/mol. The maximum atomic E-state index is 13.0. The van der Waals surface area contributed by atoms with Crippen LogP contribution in [-0.2, 0) is 11.3 Å². The highest BCUT2D eigenvalue weighted by atomic mass is 16.2. The summed E-state index contributed by atoms with van der Waals surface area (Å²) in [7, 11) is 0. The van der Waals surface area contributed by atoms with Crippen LogP contribution < -0.4 is 10.5 Å². The van der Waals surface area contributed by atoms with Gasteiger partial charge in [0.05, 0.1) is 11.9 Å². The largest absolute Gasteiger partial charge is 0.307 e. The number of carbonyl (C=O) groups is 1. The van der Waals surface area contributed by atoms with Crippen LogP contribution in [0.4, 0.5) is 5.69 Å². The van der Waals surface area contributed by atoms with Crippen molar-refractivity contribution in [2.24, 2.45) is 0 Å². The second-order valence-corrected chi connectivity index (χ2v) is 7.45. The summed E-state index contributed by atoms with van der Waals surface area (Å²) in [6, 6.07) is 15.4. The number of hydrogen-bond donors (Lipinski definition) is 0. The number of fused-ring (bicyclic) bond motifs is 1. The van der Waals surface area contributed by atoms with Crippen molar-refractivity contribution in [2.75, 3.05) is 11.4 Å². The quantitative estimate of drug-likeness (QED) is 0.454. The van der Waals surface area contributed by atoms with Crippen LogP contribution in [0.15, 0.2) is 78.5 Å². The first-order chi connectivity index (χ1) is 15.0. The van der Waals surface area contributed by atoms with Gasteiger partial charge in [0.1, 0.15) is 18.3 Å². The second-order valence-electron chi connectivity index (χ2n) is 7.45. The number of hydrogen-bond acceptors (Lipinski definition) is 4. The summed E-state index contributed by atoms with van der Waals surface area (Å²) in [5, 5.41) is 4.74. The van der Waals surface area contributed by atoms with Crippen LogP contribution in [-0.4, -0.2) is 31.8 Å². The van der Waals surface area contributed by atoms with E-state index in [4.69, 9.17) is 0 Å². The summed E-state index contributed by atoms with van der Waals surface area (Å²) in [5.74, 6) is -0.226. The van der Waals surface area contributed by atoms with Crippen molar-refractivity contribution < 1.29 is 4.79 Å². The maximum absolute atomic E-state index is 13.0. The molecule has 0 atom stereocenters. The molecule has 156 valence electrons. The number of nitrogens with zero attached hydrogens (tertiary/aromatic N) is 5. The van der Waals surface area contributed by atoms with Gasteiger partial charge in [-0.05, 0) is 49.2 Å². The van der Waals surface area contributed by atoms with Gasteiger partial charge in [0.25, 0.3) is 5.56 Å². The van der Waals surface area contributed by atoms with Crippen LogP contribution in [0.2, 0.25) is 0 Å². The van der Waals surface area contributed by atoms with Crippen LogP contribution in [0.3, 0.4) is 0 Å². The van der Waals surface area contributed by atoms with Gasteiger partial charge in [-0.3, -0.25) is 14.2 Å². The average Bonchev–Trinajstić information content (AvgIpc) is 3.19. The maximum Gasteiger partial charge on any atom is 0.264 e. The van der Waals surface area contributed by atoms with Crippen molar-refractivity contribution in [3.05, 3.63) is 95.2 Å². The number of amides is 1. The highest BCUT2D eigenvalue weighted by Gasteiger charge is 2.18. The first-order valence-electron chi connectivity index (χ1n) is 9.96. The lowest BCUT2D eigenvalue weighted by molar-refractivity contribution is -0.119. The zero-order valence-electron chi connectivity index (χ0n) is 17.5. The molecule has 2 heterocycles.